The van der Waals surface area contributed by atoms with Gasteiger partial charge in [-0.2, -0.15) is 5.10 Å². The summed E-state index contributed by atoms with van der Waals surface area (Å²) in [6.45, 7) is 0. The maximum atomic E-state index is 12.9. The molecule has 3 aromatic rings. The first-order valence-electron chi connectivity index (χ1n) is 9.16. The monoisotopic (exact) mass is 361 g/mol. The summed E-state index contributed by atoms with van der Waals surface area (Å²) in [7, 11) is 0. The van der Waals surface area contributed by atoms with Crippen molar-refractivity contribution in [3.05, 3.63) is 54.5 Å². The molecule has 136 valence electrons. The molecule has 0 saturated heterocycles. The third-order valence-electron chi connectivity index (χ3n) is 4.74. The van der Waals surface area contributed by atoms with Crippen LogP contribution in [0.2, 0.25) is 0 Å². The van der Waals surface area contributed by atoms with Crippen LogP contribution in [0.3, 0.4) is 0 Å². The number of nitrogens with zero attached hydrogens (tertiary/aromatic N) is 5. The highest BCUT2D eigenvalue weighted by Gasteiger charge is 2.27. The van der Waals surface area contributed by atoms with E-state index in [9.17, 15) is 4.79 Å². The van der Waals surface area contributed by atoms with Crippen molar-refractivity contribution in [3.63, 3.8) is 0 Å². The Bertz CT molecular complexity index is 977. The van der Waals surface area contributed by atoms with Gasteiger partial charge in [0.1, 0.15) is 6.33 Å². The molecule has 1 amide bonds. The number of aromatic nitrogens is 5. The molecule has 27 heavy (non-hydrogen) atoms. The lowest BCUT2D eigenvalue weighted by Gasteiger charge is -2.12. The van der Waals surface area contributed by atoms with Crippen LogP contribution in [0, 0.1) is 0 Å². The molecule has 0 unspecified atom stereocenters. The number of anilines is 3. The second-order valence-corrected chi connectivity index (χ2v) is 7.02. The van der Waals surface area contributed by atoms with E-state index in [1.54, 1.807) is 12.4 Å². The Morgan fingerprint density at radius 3 is 2.63 bits per heavy atom. The molecule has 0 spiro atoms. The van der Waals surface area contributed by atoms with Crippen LogP contribution in [0.5, 0.6) is 0 Å². The van der Waals surface area contributed by atoms with Crippen LogP contribution in [-0.4, -0.2) is 30.6 Å². The first-order valence-corrected chi connectivity index (χ1v) is 9.16. The molecular formula is C19H19N7O. The first-order chi connectivity index (χ1) is 13.3. The molecule has 2 fully saturated rings. The molecular weight excluding hydrogens is 342 g/mol. The van der Waals surface area contributed by atoms with Crippen molar-refractivity contribution < 1.29 is 4.79 Å². The van der Waals surface area contributed by atoms with Gasteiger partial charge in [-0.05, 0) is 37.8 Å². The van der Waals surface area contributed by atoms with Crippen LogP contribution in [0.25, 0.3) is 0 Å². The van der Waals surface area contributed by atoms with E-state index in [-0.39, 0.29) is 5.91 Å². The normalized spacial score (nSPS) is 16.1. The largest absolute Gasteiger partial charge is 0.351 e. The second-order valence-electron chi connectivity index (χ2n) is 7.02. The molecule has 3 aromatic heterocycles. The molecule has 2 aliphatic carbocycles. The lowest BCUT2D eigenvalue weighted by Crippen LogP contribution is -2.17. The zero-order valence-corrected chi connectivity index (χ0v) is 14.7. The Morgan fingerprint density at radius 1 is 1.07 bits per heavy atom. The van der Waals surface area contributed by atoms with Crippen molar-refractivity contribution in [2.45, 2.75) is 37.6 Å². The van der Waals surface area contributed by atoms with E-state index in [2.05, 4.69) is 30.7 Å². The Morgan fingerprint density at radius 2 is 1.89 bits per heavy atom. The summed E-state index contributed by atoms with van der Waals surface area (Å²) < 4.78 is 1.91. The number of rotatable bonds is 6. The maximum Gasteiger partial charge on any atom is 0.277 e. The Hall–Kier alpha value is -3.29. The van der Waals surface area contributed by atoms with Crippen molar-refractivity contribution in [3.8, 4) is 0 Å². The first kappa shape index (κ1) is 15.9. The van der Waals surface area contributed by atoms with Crippen LogP contribution in [0.1, 0.15) is 53.8 Å². The zero-order valence-electron chi connectivity index (χ0n) is 14.7. The summed E-state index contributed by atoms with van der Waals surface area (Å²) in [5, 5.41) is 10.5. The van der Waals surface area contributed by atoms with E-state index < -0.39 is 0 Å². The third-order valence-corrected chi connectivity index (χ3v) is 4.74. The maximum absolute atomic E-state index is 12.9. The minimum Gasteiger partial charge on any atom is -0.351 e. The van der Waals surface area contributed by atoms with Gasteiger partial charge in [0.15, 0.2) is 11.5 Å². The summed E-state index contributed by atoms with van der Waals surface area (Å²) in [5.74, 6) is 0.720. The number of carbonyl (C=O) groups is 1. The Labute approximate surface area is 156 Å². The predicted octanol–water partition coefficient (Wildman–Crippen LogP) is 3.28. The fourth-order valence-electron chi connectivity index (χ4n) is 3.00. The third kappa shape index (κ3) is 3.51. The standard InChI is InChI=1S/C19H19N7O/c27-19(24-17-7-8-26(25-17)14-3-4-14)18-16(22-13-9-20-11-21-10-13)6-5-15(23-18)12-1-2-12/h5-12,14,22H,1-4H2,(H,24,25,27). The van der Waals surface area contributed by atoms with Crippen molar-refractivity contribution >= 4 is 23.1 Å². The molecule has 0 radical (unpaired) electrons. The average Bonchev–Trinajstić information content (AvgIpc) is 3.62. The van der Waals surface area contributed by atoms with E-state index in [0.717, 1.165) is 31.4 Å². The van der Waals surface area contributed by atoms with Gasteiger partial charge in [-0.1, -0.05) is 0 Å². The number of carbonyl (C=O) groups excluding carboxylic acids is 1. The van der Waals surface area contributed by atoms with Gasteiger partial charge in [0.05, 0.1) is 29.8 Å². The van der Waals surface area contributed by atoms with Crippen molar-refractivity contribution in [1.29, 1.82) is 0 Å². The van der Waals surface area contributed by atoms with Gasteiger partial charge >= 0.3 is 0 Å². The van der Waals surface area contributed by atoms with Gasteiger partial charge in [0.25, 0.3) is 5.91 Å². The molecule has 3 heterocycles. The molecule has 2 saturated carbocycles. The van der Waals surface area contributed by atoms with Gasteiger partial charge in [-0.3, -0.25) is 9.48 Å². The fourth-order valence-corrected chi connectivity index (χ4v) is 3.00. The van der Waals surface area contributed by atoms with E-state index in [0.29, 0.717) is 34.8 Å². The van der Waals surface area contributed by atoms with E-state index in [1.807, 2.05) is 29.1 Å². The van der Waals surface area contributed by atoms with Crippen molar-refractivity contribution in [2.75, 3.05) is 10.6 Å². The summed E-state index contributed by atoms with van der Waals surface area (Å²) in [4.78, 5) is 25.5. The van der Waals surface area contributed by atoms with Gasteiger partial charge in [0, 0.05) is 23.9 Å². The lowest BCUT2D eigenvalue weighted by molar-refractivity contribution is 0.102. The summed E-state index contributed by atoms with van der Waals surface area (Å²) in [5.41, 5.74) is 2.63. The van der Waals surface area contributed by atoms with Crippen molar-refractivity contribution in [1.82, 2.24) is 24.7 Å². The minimum atomic E-state index is -0.280. The number of hydrogen-bond acceptors (Lipinski definition) is 6. The molecule has 0 aromatic carbocycles. The smallest absolute Gasteiger partial charge is 0.277 e. The SMILES string of the molecule is O=C(Nc1ccn(C2CC2)n1)c1nc(C2CC2)ccc1Nc1cncnc1. The highest BCUT2D eigenvalue weighted by molar-refractivity contribution is 6.06. The molecule has 0 atom stereocenters. The van der Waals surface area contributed by atoms with E-state index in [1.165, 1.54) is 6.33 Å². The Balaban J connectivity index is 1.42. The number of nitrogens with one attached hydrogen (secondary N) is 2. The Kier molecular flexibility index (Phi) is 3.81. The van der Waals surface area contributed by atoms with Gasteiger partial charge in [0.2, 0.25) is 0 Å². The molecule has 8 nitrogen and oxygen atoms in total. The van der Waals surface area contributed by atoms with Gasteiger partial charge in [-0.15, -0.1) is 0 Å². The number of amides is 1. The summed E-state index contributed by atoms with van der Waals surface area (Å²) in [6, 6.07) is 6.16. The van der Waals surface area contributed by atoms with Crippen LogP contribution >= 0.6 is 0 Å². The molecule has 0 aliphatic heterocycles. The van der Waals surface area contributed by atoms with Crippen LogP contribution in [0.15, 0.2) is 43.1 Å². The highest BCUT2D eigenvalue weighted by atomic mass is 16.2. The lowest BCUT2D eigenvalue weighted by atomic mass is 10.2. The molecule has 2 N–H and O–H groups in total. The molecule has 8 heteroatoms. The van der Waals surface area contributed by atoms with Crippen LogP contribution in [-0.2, 0) is 0 Å². The van der Waals surface area contributed by atoms with Crippen molar-refractivity contribution in [2.24, 2.45) is 0 Å². The zero-order chi connectivity index (χ0) is 18.2. The van der Waals surface area contributed by atoms with Gasteiger partial charge in [-0.25, -0.2) is 15.0 Å². The van der Waals surface area contributed by atoms with Crippen LogP contribution < -0.4 is 10.6 Å². The van der Waals surface area contributed by atoms with Crippen LogP contribution in [0.4, 0.5) is 17.2 Å². The van der Waals surface area contributed by atoms with Gasteiger partial charge < -0.3 is 10.6 Å². The highest BCUT2D eigenvalue weighted by Crippen LogP contribution is 2.40. The second kappa shape index (κ2) is 6.46. The molecule has 0 bridgehead atoms. The fraction of sp³-hybridized carbons (Fsp3) is 0.316. The number of hydrogen-bond donors (Lipinski definition) is 2. The topological polar surface area (TPSA) is 97.6 Å². The average molecular weight is 361 g/mol. The quantitative estimate of drug-likeness (QED) is 0.699. The number of pyridine rings is 1. The van der Waals surface area contributed by atoms with E-state index >= 15 is 0 Å². The molecule has 2 aliphatic rings. The van der Waals surface area contributed by atoms with E-state index in [4.69, 9.17) is 0 Å². The summed E-state index contributed by atoms with van der Waals surface area (Å²) in [6.07, 6.45) is 11.2. The molecule has 5 rings (SSSR count). The minimum absolute atomic E-state index is 0.280. The summed E-state index contributed by atoms with van der Waals surface area (Å²) >= 11 is 0. The predicted molar refractivity (Wildman–Crippen MR) is 100.0 cm³/mol.